The van der Waals surface area contributed by atoms with Gasteiger partial charge < -0.3 is 5.73 Å². The summed E-state index contributed by atoms with van der Waals surface area (Å²) in [4.78, 5) is 0. The molecule has 4 nitrogen and oxygen atoms in total. The molecule has 1 aromatic rings. The van der Waals surface area contributed by atoms with Crippen LogP contribution in [0, 0.1) is 0 Å². The largest absolute Gasteiger partial charge is 0.330 e. The van der Waals surface area contributed by atoms with Gasteiger partial charge in [0.05, 0.1) is 11.4 Å². The number of nitrogens with two attached hydrogens (primary N) is 1. The van der Waals surface area contributed by atoms with Crippen LogP contribution in [0.25, 0.3) is 0 Å². The van der Waals surface area contributed by atoms with Crippen LogP contribution in [0.3, 0.4) is 0 Å². The van der Waals surface area contributed by atoms with E-state index in [1.807, 2.05) is 0 Å². The third kappa shape index (κ3) is 4.40. The quantitative estimate of drug-likeness (QED) is 0.834. The summed E-state index contributed by atoms with van der Waals surface area (Å²) in [5, 5.41) is 0. The normalized spacial score (nSPS) is 11.4. The van der Waals surface area contributed by atoms with Crippen molar-refractivity contribution >= 4 is 47.6 Å². The lowest BCUT2D eigenvalue weighted by Gasteiger charge is -2.09. The number of hydrogen-bond donors (Lipinski definition) is 2. The number of hydrogen-bond acceptors (Lipinski definition) is 3. The van der Waals surface area contributed by atoms with Gasteiger partial charge in [0.15, 0.2) is 0 Å². The summed E-state index contributed by atoms with van der Waals surface area (Å²) < 4.78 is 27.3. The molecular weight excluding hydrogens is 360 g/mol. The van der Waals surface area contributed by atoms with Crippen LogP contribution in [0.15, 0.2) is 27.1 Å². The molecule has 0 fully saturated rings. The van der Waals surface area contributed by atoms with Gasteiger partial charge in [0.2, 0.25) is 10.0 Å². The number of halogens is 2. The summed E-state index contributed by atoms with van der Waals surface area (Å²) in [6, 6.07) is 5.24. The Morgan fingerprint density at radius 3 is 2.56 bits per heavy atom. The monoisotopic (exact) mass is 370 g/mol. The Morgan fingerprint density at radius 2 is 2.00 bits per heavy atom. The van der Waals surface area contributed by atoms with E-state index < -0.39 is 10.0 Å². The van der Waals surface area contributed by atoms with Crippen LogP contribution in [-0.2, 0) is 10.0 Å². The molecule has 0 spiro atoms. The molecule has 0 heterocycles. The Hall–Kier alpha value is -0.110. The van der Waals surface area contributed by atoms with E-state index in [1.165, 1.54) is 0 Å². The van der Waals surface area contributed by atoms with Gasteiger partial charge in [0.1, 0.15) is 0 Å². The molecule has 7 heteroatoms. The van der Waals surface area contributed by atoms with Crippen molar-refractivity contribution in [1.29, 1.82) is 0 Å². The van der Waals surface area contributed by atoms with Gasteiger partial charge in [-0.3, -0.25) is 4.72 Å². The number of sulfonamides is 1. The molecule has 0 unspecified atom stereocenters. The molecule has 1 rings (SSSR count). The maximum atomic E-state index is 11.6. The van der Waals surface area contributed by atoms with Crippen LogP contribution < -0.4 is 10.5 Å². The zero-order valence-electron chi connectivity index (χ0n) is 8.41. The van der Waals surface area contributed by atoms with Crippen LogP contribution in [0.2, 0.25) is 0 Å². The van der Waals surface area contributed by atoms with Gasteiger partial charge in [-0.05, 0) is 47.1 Å². The fourth-order valence-corrected chi connectivity index (χ4v) is 3.50. The number of rotatable bonds is 5. The van der Waals surface area contributed by atoms with Gasteiger partial charge in [0.25, 0.3) is 0 Å². The summed E-state index contributed by atoms with van der Waals surface area (Å²) >= 11 is 6.58. The van der Waals surface area contributed by atoms with Crippen LogP contribution in [0.1, 0.15) is 6.42 Å². The number of anilines is 1. The first kappa shape index (κ1) is 14.0. The van der Waals surface area contributed by atoms with Gasteiger partial charge in [-0.15, -0.1) is 0 Å². The molecule has 0 radical (unpaired) electrons. The van der Waals surface area contributed by atoms with Crippen molar-refractivity contribution in [2.75, 3.05) is 17.0 Å². The van der Waals surface area contributed by atoms with Crippen molar-refractivity contribution in [1.82, 2.24) is 0 Å². The average molecular weight is 372 g/mol. The molecule has 0 aliphatic heterocycles. The molecule has 0 atom stereocenters. The van der Waals surface area contributed by atoms with Gasteiger partial charge in [-0.25, -0.2) is 8.42 Å². The highest BCUT2D eigenvalue weighted by Crippen LogP contribution is 2.26. The molecule has 0 aromatic heterocycles. The predicted molar refractivity (Wildman–Crippen MR) is 72.9 cm³/mol. The van der Waals surface area contributed by atoms with E-state index in [2.05, 4.69) is 36.6 Å². The minimum absolute atomic E-state index is 0.0337. The molecule has 0 aliphatic rings. The molecule has 16 heavy (non-hydrogen) atoms. The Labute approximate surface area is 112 Å². The second-order valence-corrected chi connectivity index (χ2v) is 6.80. The molecule has 0 bridgehead atoms. The minimum Gasteiger partial charge on any atom is -0.330 e. The lowest BCUT2D eigenvalue weighted by atomic mass is 10.3. The van der Waals surface area contributed by atoms with E-state index in [0.717, 1.165) is 4.47 Å². The Balaban J connectivity index is 2.80. The van der Waals surface area contributed by atoms with Crippen molar-refractivity contribution in [2.45, 2.75) is 6.42 Å². The topological polar surface area (TPSA) is 72.2 Å². The van der Waals surface area contributed by atoms with Crippen LogP contribution >= 0.6 is 31.9 Å². The lowest BCUT2D eigenvalue weighted by molar-refractivity contribution is 0.598. The van der Waals surface area contributed by atoms with Gasteiger partial charge in [0, 0.05) is 8.95 Å². The Bertz CT molecular complexity index is 463. The van der Waals surface area contributed by atoms with Crippen LogP contribution in [0.4, 0.5) is 5.69 Å². The lowest BCUT2D eigenvalue weighted by Crippen LogP contribution is -2.19. The minimum atomic E-state index is -3.31. The highest BCUT2D eigenvalue weighted by Gasteiger charge is 2.11. The predicted octanol–water partition coefficient (Wildman–Crippen LogP) is 2.30. The Morgan fingerprint density at radius 1 is 1.31 bits per heavy atom. The van der Waals surface area contributed by atoms with Crippen molar-refractivity contribution in [3.05, 3.63) is 27.1 Å². The average Bonchev–Trinajstić information content (AvgIpc) is 2.19. The maximum absolute atomic E-state index is 11.6. The number of benzene rings is 1. The highest BCUT2D eigenvalue weighted by atomic mass is 79.9. The molecule has 0 aliphatic carbocycles. The first-order chi connectivity index (χ1) is 7.44. The number of nitrogens with one attached hydrogen (secondary N) is 1. The summed E-state index contributed by atoms with van der Waals surface area (Å²) in [7, 11) is -3.31. The molecule has 3 N–H and O–H groups in total. The van der Waals surface area contributed by atoms with Crippen molar-refractivity contribution in [3.8, 4) is 0 Å². The summed E-state index contributed by atoms with van der Waals surface area (Å²) in [5.74, 6) is 0.0337. The Kier molecular flexibility index (Phi) is 5.23. The third-order valence-electron chi connectivity index (χ3n) is 1.81. The van der Waals surface area contributed by atoms with E-state index in [9.17, 15) is 8.42 Å². The standard InChI is InChI=1S/C9H12Br2N2O2S/c10-7-2-3-9(8(11)6-7)13-16(14,15)5-1-4-12/h2-3,6,13H,1,4-5,12H2. The van der Waals surface area contributed by atoms with Gasteiger partial charge >= 0.3 is 0 Å². The van der Waals surface area contributed by atoms with Gasteiger partial charge in [-0.2, -0.15) is 0 Å². The van der Waals surface area contributed by atoms with Crippen molar-refractivity contribution in [2.24, 2.45) is 5.73 Å². The molecule has 1 aromatic carbocycles. The first-order valence-corrected chi connectivity index (χ1v) is 7.84. The van der Waals surface area contributed by atoms with E-state index >= 15 is 0 Å². The van der Waals surface area contributed by atoms with E-state index in [1.54, 1.807) is 18.2 Å². The van der Waals surface area contributed by atoms with E-state index in [0.29, 0.717) is 23.1 Å². The SMILES string of the molecule is NCCCS(=O)(=O)Nc1ccc(Br)cc1Br. The molecule has 0 amide bonds. The second-order valence-electron chi connectivity index (χ2n) is 3.19. The molecule has 0 saturated heterocycles. The maximum Gasteiger partial charge on any atom is 0.232 e. The zero-order valence-corrected chi connectivity index (χ0v) is 12.4. The summed E-state index contributed by atoms with van der Waals surface area (Å²) in [6.45, 7) is 0.364. The van der Waals surface area contributed by atoms with Gasteiger partial charge in [-0.1, -0.05) is 15.9 Å². The third-order valence-corrected chi connectivity index (χ3v) is 4.32. The van der Waals surface area contributed by atoms with E-state index in [4.69, 9.17) is 5.73 Å². The summed E-state index contributed by atoms with van der Waals surface area (Å²) in [6.07, 6.45) is 0.448. The highest BCUT2D eigenvalue weighted by molar-refractivity contribution is 9.11. The fraction of sp³-hybridized carbons (Fsp3) is 0.333. The first-order valence-electron chi connectivity index (χ1n) is 4.60. The van der Waals surface area contributed by atoms with E-state index in [-0.39, 0.29) is 5.75 Å². The molecule has 90 valence electrons. The fourth-order valence-electron chi connectivity index (χ4n) is 1.06. The molecule has 0 saturated carbocycles. The summed E-state index contributed by atoms with van der Waals surface area (Å²) in [5.41, 5.74) is 5.80. The zero-order chi connectivity index (χ0) is 12.2. The molecular formula is C9H12Br2N2O2S. The second kappa shape index (κ2) is 6.00. The van der Waals surface area contributed by atoms with Crippen LogP contribution in [0.5, 0.6) is 0 Å². The van der Waals surface area contributed by atoms with Crippen molar-refractivity contribution < 1.29 is 8.42 Å². The van der Waals surface area contributed by atoms with Crippen molar-refractivity contribution in [3.63, 3.8) is 0 Å². The van der Waals surface area contributed by atoms with Crippen LogP contribution in [-0.4, -0.2) is 20.7 Å². The smallest absolute Gasteiger partial charge is 0.232 e.